The van der Waals surface area contributed by atoms with E-state index >= 15 is 0 Å². The zero-order valence-electron chi connectivity index (χ0n) is 8.79. The smallest absolute Gasteiger partial charge is 0.130 e. The third-order valence-corrected chi connectivity index (χ3v) is 4.39. The Morgan fingerprint density at radius 2 is 1.92 bits per heavy atom. The molecule has 0 aliphatic heterocycles. The summed E-state index contributed by atoms with van der Waals surface area (Å²) in [5.74, 6) is 0. The van der Waals surface area contributed by atoms with E-state index in [-0.39, 0.29) is 5.41 Å². The van der Waals surface area contributed by atoms with Crippen LogP contribution in [0.4, 0.5) is 0 Å². The summed E-state index contributed by atoms with van der Waals surface area (Å²) in [6.45, 7) is 8.67. The molecular formula is C9H16N2S2. The molecule has 0 amide bonds. The molecule has 1 rings (SSSR count). The Kier molecular flexibility index (Phi) is 3.35. The molecule has 0 bridgehead atoms. The molecule has 2 nitrogen and oxygen atoms in total. The van der Waals surface area contributed by atoms with E-state index in [1.807, 2.05) is 11.8 Å². The van der Waals surface area contributed by atoms with Crippen molar-refractivity contribution in [3.63, 3.8) is 0 Å². The third kappa shape index (κ3) is 2.68. The van der Waals surface area contributed by atoms with Crippen LogP contribution < -0.4 is 0 Å². The molecular weight excluding hydrogens is 200 g/mol. The first kappa shape index (κ1) is 11.0. The van der Waals surface area contributed by atoms with Crippen molar-refractivity contribution >= 4 is 23.1 Å². The van der Waals surface area contributed by atoms with Gasteiger partial charge in [-0.1, -0.05) is 32.1 Å². The Bertz CT molecular complexity index is 275. The molecule has 1 aromatic heterocycles. The minimum absolute atomic E-state index is 0.133. The SMILES string of the molecule is CSC(C)c1nnc(C(C)(C)C)s1. The van der Waals surface area contributed by atoms with E-state index in [9.17, 15) is 0 Å². The van der Waals surface area contributed by atoms with Crippen LogP contribution >= 0.6 is 23.1 Å². The number of thioether (sulfide) groups is 1. The molecule has 1 atom stereocenters. The molecule has 1 unspecified atom stereocenters. The Morgan fingerprint density at radius 1 is 1.31 bits per heavy atom. The van der Waals surface area contributed by atoms with Crippen LogP contribution in [0.3, 0.4) is 0 Å². The Hall–Kier alpha value is -0.0900. The number of nitrogens with zero attached hydrogens (tertiary/aromatic N) is 2. The summed E-state index contributed by atoms with van der Waals surface area (Å²) in [5, 5.41) is 11.1. The highest BCUT2D eigenvalue weighted by molar-refractivity contribution is 7.98. The summed E-state index contributed by atoms with van der Waals surface area (Å²) in [6.07, 6.45) is 2.10. The highest BCUT2D eigenvalue weighted by Gasteiger charge is 2.20. The molecule has 0 aliphatic rings. The fourth-order valence-electron chi connectivity index (χ4n) is 0.803. The van der Waals surface area contributed by atoms with Crippen LogP contribution in [0.1, 0.15) is 43.0 Å². The first-order valence-electron chi connectivity index (χ1n) is 4.32. The zero-order valence-corrected chi connectivity index (χ0v) is 10.4. The number of hydrogen-bond donors (Lipinski definition) is 0. The standard InChI is InChI=1S/C9H16N2S2/c1-6(12-5)7-10-11-8(13-7)9(2,3)4/h6H,1-5H3. The predicted molar refractivity (Wildman–Crippen MR) is 60.5 cm³/mol. The van der Waals surface area contributed by atoms with E-state index in [0.717, 1.165) is 10.0 Å². The largest absolute Gasteiger partial charge is 0.155 e. The maximum atomic E-state index is 4.21. The summed E-state index contributed by atoms with van der Waals surface area (Å²) in [5.41, 5.74) is 0.133. The molecule has 0 radical (unpaired) electrons. The third-order valence-electron chi connectivity index (χ3n) is 1.78. The van der Waals surface area contributed by atoms with Crippen molar-refractivity contribution in [3.8, 4) is 0 Å². The van der Waals surface area contributed by atoms with Crippen molar-refractivity contribution in [1.82, 2.24) is 10.2 Å². The van der Waals surface area contributed by atoms with Gasteiger partial charge in [-0.3, -0.25) is 0 Å². The lowest BCUT2D eigenvalue weighted by Crippen LogP contribution is -2.10. The lowest BCUT2D eigenvalue weighted by molar-refractivity contribution is 0.577. The van der Waals surface area contributed by atoms with E-state index in [2.05, 4.69) is 44.1 Å². The Labute approximate surface area is 88.2 Å². The Morgan fingerprint density at radius 3 is 2.31 bits per heavy atom. The van der Waals surface area contributed by atoms with E-state index in [0.29, 0.717) is 5.25 Å². The van der Waals surface area contributed by atoms with Gasteiger partial charge in [-0.05, 0) is 13.2 Å². The van der Waals surface area contributed by atoms with Gasteiger partial charge in [0.2, 0.25) is 0 Å². The summed E-state index contributed by atoms with van der Waals surface area (Å²) >= 11 is 3.54. The van der Waals surface area contributed by atoms with Gasteiger partial charge in [0.1, 0.15) is 10.0 Å². The molecule has 74 valence electrons. The fraction of sp³-hybridized carbons (Fsp3) is 0.778. The lowest BCUT2D eigenvalue weighted by Gasteiger charge is -2.12. The van der Waals surface area contributed by atoms with Gasteiger partial charge in [0.15, 0.2) is 0 Å². The minimum Gasteiger partial charge on any atom is -0.155 e. The van der Waals surface area contributed by atoms with Crippen LogP contribution in [0.2, 0.25) is 0 Å². The van der Waals surface area contributed by atoms with Crippen molar-refractivity contribution in [2.75, 3.05) is 6.26 Å². The van der Waals surface area contributed by atoms with Gasteiger partial charge in [0.05, 0.1) is 5.25 Å². The van der Waals surface area contributed by atoms with E-state index in [1.54, 1.807) is 11.3 Å². The molecule has 4 heteroatoms. The molecule has 0 aromatic carbocycles. The molecule has 1 heterocycles. The Balaban J connectivity index is 2.87. The van der Waals surface area contributed by atoms with Gasteiger partial charge in [0, 0.05) is 5.41 Å². The van der Waals surface area contributed by atoms with E-state index in [4.69, 9.17) is 0 Å². The van der Waals surface area contributed by atoms with E-state index < -0.39 is 0 Å². The summed E-state index contributed by atoms with van der Waals surface area (Å²) in [6, 6.07) is 0. The molecule has 1 aromatic rings. The van der Waals surface area contributed by atoms with Crippen LogP contribution in [0.5, 0.6) is 0 Å². The first-order valence-corrected chi connectivity index (χ1v) is 6.42. The average molecular weight is 216 g/mol. The maximum absolute atomic E-state index is 4.21. The topological polar surface area (TPSA) is 25.8 Å². The van der Waals surface area contributed by atoms with Gasteiger partial charge < -0.3 is 0 Å². The van der Waals surface area contributed by atoms with Crippen LogP contribution in [0.15, 0.2) is 0 Å². The first-order chi connectivity index (χ1) is 5.95. The van der Waals surface area contributed by atoms with Gasteiger partial charge in [-0.2, -0.15) is 11.8 Å². The van der Waals surface area contributed by atoms with Crippen molar-refractivity contribution in [2.24, 2.45) is 0 Å². The second kappa shape index (κ2) is 3.96. The monoisotopic (exact) mass is 216 g/mol. The number of hydrogen-bond acceptors (Lipinski definition) is 4. The summed E-state index contributed by atoms with van der Waals surface area (Å²) in [7, 11) is 0. The lowest BCUT2D eigenvalue weighted by atomic mass is 9.98. The van der Waals surface area contributed by atoms with Crippen molar-refractivity contribution in [1.29, 1.82) is 0 Å². The average Bonchev–Trinajstić information content (AvgIpc) is 2.50. The van der Waals surface area contributed by atoms with Gasteiger partial charge in [-0.25, -0.2) is 0 Å². The summed E-state index contributed by atoms with van der Waals surface area (Å²) < 4.78 is 0. The molecule has 13 heavy (non-hydrogen) atoms. The summed E-state index contributed by atoms with van der Waals surface area (Å²) in [4.78, 5) is 0. The minimum atomic E-state index is 0.133. The quantitative estimate of drug-likeness (QED) is 0.759. The van der Waals surface area contributed by atoms with Gasteiger partial charge in [0.25, 0.3) is 0 Å². The van der Waals surface area contributed by atoms with Crippen LogP contribution in [0.25, 0.3) is 0 Å². The van der Waals surface area contributed by atoms with Crippen LogP contribution in [0, 0.1) is 0 Å². The van der Waals surface area contributed by atoms with Crippen molar-refractivity contribution in [3.05, 3.63) is 10.0 Å². The zero-order chi connectivity index (χ0) is 10.1. The molecule has 0 N–H and O–H groups in total. The fourth-order valence-corrected chi connectivity index (χ4v) is 2.32. The predicted octanol–water partition coefficient (Wildman–Crippen LogP) is 3.26. The molecule has 0 saturated carbocycles. The molecule has 0 fully saturated rings. The van der Waals surface area contributed by atoms with Crippen molar-refractivity contribution in [2.45, 2.75) is 38.4 Å². The van der Waals surface area contributed by atoms with Crippen LogP contribution in [-0.2, 0) is 5.41 Å². The second-order valence-electron chi connectivity index (χ2n) is 4.07. The van der Waals surface area contributed by atoms with Gasteiger partial charge >= 0.3 is 0 Å². The van der Waals surface area contributed by atoms with Crippen LogP contribution in [-0.4, -0.2) is 16.5 Å². The van der Waals surface area contributed by atoms with Crippen molar-refractivity contribution < 1.29 is 0 Å². The second-order valence-corrected chi connectivity index (χ2v) is 6.26. The number of rotatable bonds is 2. The number of aromatic nitrogens is 2. The highest BCUT2D eigenvalue weighted by atomic mass is 32.2. The van der Waals surface area contributed by atoms with E-state index in [1.165, 1.54) is 0 Å². The maximum Gasteiger partial charge on any atom is 0.130 e. The highest BCUT2D eigenvalue weighted by Crippen LogP contribution is 2.32. The molecule has 0 spiro atoms. The molecule has 0 saturated heterocycles. The normalized spacial score (nSPS) is 14.5. The van der Waals surface area contributed by atoms with Gasteiger partial charge in [-0.15, -0.1) is 10.2 Å². The molecule has 0 aliphatic carbocycles.